The summed E-state index contributed by atoms with van der Waals surface area (Å²) in [5, 5.41) is 20.2. The van der Waals surface area contributed by atoms with Crippen molar-refractivity contribution in [3.05, 3.63) is 11.6 Å². The minimum absolute atomic E-state index is 0.0184. The molecular formula is C27H44O3. The average molecular weight is 417 g/mol. The molecule has 4 rings (SSSR count). The van der Waals surface area contributed by atoms with Crippen LogP contribution in [0.15, 0.2) is 11.6 Å². The summed E-state index contributed by atoms with van der Waals surface area (Å²) in [5.74, 6) is 3.60. The van der Waals surface area contributed by atoms with Crippen LogP contribution in [0.1, 0.15) is 98.8 Å². The van der Waals surface area contributed by atoms with Crippen molar-refractivity contribution < 1.29 is 15.0 Å². The molecule has 0 unspecified atom stereocenters. The number of hydrogen-bond acceptors (Lipinski definition) is 3. The summed E-state index contributed by atoms with van der Waals surface area (Å²) in [6.45, 7) is 10.6. The van der Waals surface area contributed by atoms with Crippen LogP contribution in [0, 0.1) is 40.4 Å². The molecule has 0 amide bonds. The molecule has 0 aromatic carbocycles. The zero-order valence-corrected chi connectivity index (χ0v) is 19.9. The normalized spacial score (nSPS) is 44.5. The predicted octanol–water partition coefficient (Wildman–Crippen LogP) is 5.68. The number of carbonyl (C=O) groups excluding carboxylic acids is 1. The Hall–Kier alpha value is -0.670. The van der Waals surface area contributed by atoms with Gasteiger partial charge < -0.3 is 10.2 Å². The summed E-state index contributed by atoms with van der Waals surface area (Å²) in [6, 6.07) is 0. The number of allylic oxidation sites excluding steroid dienone is 1. The first-order chi connectivity index (χ1) is 14.0. The van der Waals surface area contributed by atoms with Gasteiger partial charge in [0.1, 0.15) is 5.60 Å². The minimum Gasteiger partial charge on any atom is -0.393 e. The minimum atomic E-state index is -1.20. The molecule has 30 heavy (non-hydrogen) atoms. The van der Waals surface area contributed by atoms with Crippen LogP contribution in [0.25, 0.3) is 0 Å². The quantitative estimate of drug-likeness (QED) is 0.567. The highest BCUT2D eigenvalue weighted by atomic mass is 16.3. The number of aliphatic hydroxyl groups is 2. The Labute approximate surface area is 183 Å². The fourth-order valence-electron chi connectivity index (χ4n) is 8.48. The van der Waals surface area contributed by atoms with Crippen molar-refractivity contribution in [2.24, 2.45) is 40.4 Å². The maximum absolute atomic E-state index is 12.3. The SMILES string of the molecule is C[C@H](CCC(=O)C(C)(C)O)[C@H]1CC[C@H]2[C@@H]3CC=C4C[C@@H](O)CC[C@]4(C)[C@H]3CC[C@]12C. The molecule has 0 heterocycles. The van der Waals surface area contributed by atoms with Gasteiger partial charge in [-0.05, 0) is 112 Å². The molecule has 3 heteroatoms. The first-order valence-electron chi connectivity index (χ1n) is 12.6. The highest BCUT2D eigenvalue weighted by Crippen LogP contribution is 2.67. The highest BCUT2D eigenvalue weighted by Gasteiger charge is 2.59. The smallest absolute Gasteiger partial charge is 0.163 e. The lowest BCUT2D eigenvalue weighted by Gasteiger charge is -2.58. The summed E-state index contributed by atoms with van der Waals surface area (Å²) < 4.78 is 0. The maximum atomic E-state index is 12.3. The standard InChI is InChI=1S/C27H44O3/c1-17(6-11-24(29)25(2,3)30)21-9-10-22-20-8-7-18-16-19(28)12-14-26(18,4)23(20)13-15-27(21,22)5/h7,17,19-23,28,30H,6,8-16H2,1-5H3/t17-,19+,20+,21-,22+,23+,26+,27-/m1/s1. The third kappa shape index (κ3) is 3.62. The van der Waals surface area contributed by atoms with Gasteiger partial charge in [-0.15, -0.1) is 0 Å². The van der Waals surface area contributed by atoms with E-state index in [1.54, 1.807) is 19.4 Å². The van der Waals surface area contributed by atoms with Gasteiger partial charge in [0.25, 0.3) is 0 Å². The highest BCUT2D eigenvalue weighted by molar-refractivity contribution is 5.86. The van der Waals surface area contributed by atoms with Crippen LogP contribution >= 0.6 is 0 Å². The van der Waals surface area contributed by atoms with Crippen LogP contribution in [0.2, 0.25) is 0 Å². The lowest BCUT2D eigenvalue weighted by molar-refractivity contribution is -0.134. The van der Waals surface area contributed by atoms with E-state index in [4.69, 9.17) is 0 Å². The van der Waals surface area contributed by atoms with Crippen LogP contribution < -0.4 is 0 Å². The Morgan fingerprint density at radius 2 is 1.90 bits per heavy atom. The molecule has 4 aliphatic carbocycles. The van der Waals surface area contributed by atoms with Gasteiger partial charge in [0.15, 0.2) is 5.78 Å². The zero-order chi connectivity index (χ0) is 21.9. The molecule has 0 aromatic heterocycles. The van der Waals surface area contributed by atoms with Crippen LogP contribution in [0.5, 0.6) is 0 Å². The van der Waals surface area contributed by atoms with E-state index in [-0.39, 0.29) is 11.9 Å². The Bertz CT molecular complexity index is 703. The van der Waals surface area contributed by atoms with Gasteiger partial charge in [-0.2, -0.15) is 0 Å². The summed E-state index contributed by atoms with van der Waals surface area (Å²) >= 11 is 0. The van der Waals surface area contributed by atoms with Crippen molar-refractivity contribution in [2.75, 3.05) is 0 Å². The molecule has 0 radical (unpaired) electrons. The maximum Gasteiger partial charge on any atom is 0.163 e. The summed E-state index contributed by atoms with van der Waals surface area (Å²) in [5.41, 5.74) is 1.06. The van der Waals surface area contributed by atoms with Gasteiger partial charge in [-0.1, -0.05) is 32.4 Å². The summed E-state index contributed by atoms with van der Waals surface area (Å²) in [4.78, 5) is 12.3. The molecule has 8 atom stereocenters. The lowest BCUT2D eigenvalue weighted by atomic mass is 9.47. The van der Waals surface area contributed by atoms with E-state index in [0.29, 0.717) is 29.1 Å². The van der Waals surface area contributed by atoms with Crippen molar-refractivity contribution in [3.63, 3.8) is 0 Å². The summed E-state index contributed by atoms with van der Waals surface area (Å²) in [7, 11) is 0. The van der Waals surface area contributed by atoms with Gasteiger partial charge in [0.05, 0.1) is 6.10 Å². The van der Waals surface area contributed by atoms with Crippen LogP contribution in [0.4, 0.5) is 0 Å². The van der Waals surface area contributed by atoms with Crippen molar-refractivity contribution in [1.82, 2.24) is 0 Å². The monoisotopic (exact) mass is 416 g/mol. The van der Waals surface area contributed by atoms with E-state index < -0.39 is 5.60 Å². The third-order valence-corrected chi connectivity index (χ3v) is 10.3. The molecule has 3 nitrogen and oxygen atoms in total. The molecule has 4 aliphatic rings. The van der Waals surface area contributed by atoms with E-state index in [0.717, 1.165) is 43.4 Å². The second-order valence-corrected chi connectivity index (χ2v) is 12.4. The fourth-order valence-corrected chi connectivity index (χ4v) is 8.48. The number of rotatable bonds is 5. The number of fused-ring (bicyclic) bond motifs is 5. The largest absolute Gasteiger partial charge is 0.393 e. The zero-order valence-electron chi connectivity index (χ0n) is 19.9. The molecular weight excluding hydrogens is 372 g/mol. The number of carbonyl (C=O) groups is 1. The van der Waals surface area contributed by atoms with E-state index in [1.165, 1.54) is 32.1 Å². The third-order valence-electron chi connectivity index (χ3n) is 10.3. The Kier molecular flexibility index (Phi) is 5.80. The van der Waals surface area contributed by atoms with E-state index >= 15 is 0 Å². The topological polar surface area (TPSA) is 57.5 Å². The van der Waals surface area contributed by atoms with Crippen LogP contribution in [-0.4, -0.2) is 27.7 Å². The molecule has 170 valence electrons. The molecule has 0 saturated heterocycles. The van der Waals surface area contributed by atoms with Crippen molar-refractivity contribution >= 4 is 5.78 Å². The van der Waals surface area contributed by atoms with Gasteiger partial charge in [-0.25, -0.2) is 0 Å². The molecule has 3 saturated carbocycles. The number of Topliss-reactive ketones (excluding diaryl/α,β-unsaturated/α-hetero) is 1. The Morgan fingerprint density at radius 3 is 2.60 bits per heavy atom. The molecule has 0 spiro atoms. The number of hydrogen-bond donors (Lipinski definition) is 2. The Balaban J connectivity index is 1.48. The second kappa shape index (κ2) is 7.73. The van der Waals surface area contributed by atoms with E-state index in [2.05, 4.69) is 26.8 Å². The summed E-state index contributed by atoms with van der Waals surface area (Å²) in [6.07, 6.45) is 13.3. The Morgan fingerprint density at radius 1 is 1.17 bits per heavy atom. The second-order valence-electron chi connectivity index (χ2n) is 12.4. The van der Waals surface area contributed by atoms with Gasteiger partial charge in [0.2, 0.25) is 0 Å². The first-order valence-corrected chi connectivity index (χ1v) is 12.6. The number of ketones is 1. The molecule has 0 aromatic rings. The molecule has 3 fully saturated rings. The van der Waals surface area contributed by atoms with E-state index in [9.17, 15) is 15.0 Å². The van der Waals surface area contributed by atoms with Gasteiger partial charge in [-0.3, -0.25) is 4.79 Å². The average Bonchev–Trinajstić information content (AvgIpc) is 3.03. The van der Waals surface area contributed by atoms with Crippen molar-refractivity contribution in [2.45, 2.75) is 111 Å². The van der Waals surface area contributed by atoms with Crippen molar-refractivity contribution in [3.8, 4) is 0 Å². The lowest BCUT2D eigenvalue weighted by Crippen LogP contribution is -2.50. The van der Waals surface area contributed by atoms with Crippen LogP contribution in [-0.2, 0) is 4.79 Å². The van der Waals surface area contributed by atoms with Crippen LogP contribution in [0.3, 0.4) is 0 Å². The molecule has 0 bridgehead atoms. The van der Waals surface area contributed by atoms with Gasteiger partial charge in [0, 0.05) is 6.42 Å². The molecule has 0 aliphatic heterocycles. The number of aliphatic hydroxyl groups excluding tert-OH is 1. The first kappa shape index (κ1) is 22.5. The predicted molar refractivity (Wildman–Crippen MR) is 121 cm³/mol. The molecule has 2 N–H and O–H groups in total. The fraction of sp³-hybridized carbons (Fsp3) is 0.889. The van der Waals surface area contributed by atoms with E-state index in [1.807, 2.05) is 0 Å². The van der Waals surface area contributed by atoms with Crippen molar-refractivity contribution in [1.29, 1.82) is 0 Å². The van der Waals surface area contributed by atoms with Gasteiger partial charge >= 0.3 is 0 Å².